The van der Waals surface area contributed by atoms with Crippen LogP contribution in [-0.4, -0.2) is 46.8 Å². The average molecular weight is 399 g/mol. The van der Waals surface area contributed by atoms with Gasteiger partial charge in [-0.2, -0.15) is 0 Å². The number of halogens is 2. The maximum Gasteiger partial charge on any atom is 0.161 e. The van der Waals surface area contributed by atoms with E-state index in [-0.39, 0.29) is 12.1 Å². The summed E-state index contributed by atoms with van der Waals surface area (Å²) in [5, 5.41) is 0. The Morgan fingerprint density at radius 3 is 2.79 bits per heavy atom. The SMILES string of the molecule is Cc1nc2cc(F)c(F)cc2n1C1CCCN(CC2COc3ccccc3O2)C1. The summed E-state index contributed by atoms with van der Waals surface area (Å²) in [6.07, 6.45) is 1.97. The molecule has 152 valence electrons. The number of imidazole rings is 1. The van der Waals surface area contributed by atoms with E-state index in [9.17, 15) is 8.78 Å². The van der Waals surface area contributed by atoms with Crippen LogP contribution in [0.5, 0.6) is 11.5 Å². The van der Waals surface area contributed by atoms with E-state index in [0.29, 0.717) is 17.6 Å². The van der Waals surface area contributed by atoms with E-state index < -0.39 is 11.6 Å². The van der Waals surface area contributed by atoms with Gasteiger partial charge in [0.15, 0.2) is 23.1 Å². The monoisotopic (exact) mass is 399 g/mol. The topological polar surface area (TPSA) is 39.5 Å². The first-order valence-corrected chi connectivity index (χ1v) is 10.0. The van der Waals surface area contributed by atoms with Crippen LogP contribution in [0, 0.1) is 18.6 Å². The van der Waals surface area contributed by atoms with Crippen LogP contribution in [0.3, 0.4) is 0 Å². The predicted molar refractivity (Wildman–Crippen MR) is 105 cm³/mol. The first kappa shape index (κ1) is 18.4. The first-order valence-electron chi connectivity index (χ1n) is 10.0. The Bertz CT molecular complexity index is 1050. The molecule has 0 N–H and O–H groups in total. The van der Waals surface area contributed by atoms with Crippen LogP contribution in [0.15, 0.2) is 36.4 Å². The van der Waals surface area contributed by atoms with Gasteiger partial charge in [-0.15, -0.1) is 0 Å². The van der Waals surface area contributed by atoms with Crippen molar-refractivity contribution in [1.29, 1.82) is 0 Å². The summed E-state index contributed by atoms with van der Waals surface area (Å²) in [6.45, 7) is 4.97. The third-order valence-electron chi connectivity index (χ3n) is 5.78. The quantitative estimate of drug-likeness (QED) is 0.665. The fourth-order valence-corrected chi connectivity index (χ4v) is 4.52. The molecule has 3 aromatic rings. The Labute approximate surface area is 167 Å². The molecule has 0 aliphatic carbocycles. The highest BCUT2D eigenvalue weighted by Crippen LogP contribution is 2.32. The summed E-state index contributed by atoms with van der Waals surface area (Å²) < 4.78 is 41.5. The van der Waals surface area contributed by atoms with Crippen LogP contribution in [0.25, 0.3) is 11.0 Å². The molecule has 1 aromatic heterocycles. The van der Waals surface area contributed by atoms with Crippen LogP contribution in [0.4, 0.5) is 8.78 Å². The highest BCUT2D eigenvalue weighted by molar-refractivity contribution is 5.76. The summed E-state index contributed by atoms with van der Waals surface area (Å²) in [4.78, 5) is 6.81. The molecule has 0 amide bonds. The van der Waals surface area contributed by atoms with Crippen molar-refractivity contribution in [3.63, 3.8) is 0 Å². The number of likely N-dealkylation sites (tertiary alicyclic amines) is 1. The molecule has 1 saturated heterocycles. The fraction of sp³-hybridized carbons (Fsp3) is 0.409. The smallest absolute Gasteiger partial charge is 0.161 e. The number of nitrogens with zero attached hydrogens (tertiary/aromatic N) is 3. The molecule has 0 radical (unpaired) electrons. The van der Waals surface area contributed by atoms with Gasteiger partial charge >= 0.3 is 0 Å². The largest absolute Gasteiger partial charge is 0.486 e. The summed E-state index contributed by atoms with van der Waals surface area (Å²) in [5.74, 6) is 0.657. The number of aryl methyl sites for hydroxylation is 1. The van der Waals surface area contributed by atoms with Crippen molar-refractivity contribution in [2.75, 3.05) is 26.2 Å². The second kappa shape index (κ2) is 7.30. The van der Waals surface area contributed by atoms with Gasteiger partial charge in [0.2, 0.25) is 0 Å². The van der Waals surface area contributed by atoms with Gasteiger partial charge in [-0.05, 0) is 38.4 Å². The number of benzene rings is 2. The molecule has 2 unspecified atom stereocenters. The van der Waals surface area contributed by atoms with Gasteiger partial charge in [-0.3, -0.25) is 4.90 Å². The van der Waals surface area contributed by atoms with Crippen LogP contribution >= 0.6 is 0 Å². The summed E-state index contributed by atoms with van der Waals surface area (Å²) in [6, 6.07) is 10.3. The Hall–Kier alpha value is -2.67. The highest BCUT2D eigenvalue weighted by atomic mass is 19.2. The lowest BCUT2D eigenvalue weighted by Gasteiger charge is -2.37. The number of ether oxygens (including phenoxy) is 2. The predicted octanol–water partition coefficient (Wildman–Crippen LogP) is 4.10. The maximum atomic E-state index is 13.9. The molecule has 0 saturated carbocycles. The van der Waals surface area contributed by atoms with Crippen LogP contribution in [0.1, 0.15) is 24.7 Å². The molecular weight excluding hydrogens is 376 g/mol. The number of hydrogen-bond donors (Lipinski definition) is 0. The highest BCUT2D eigenvalue weighted by Gasteiger charge is 2.28. The molecule has 3 heterocycles. The lowest BCUT2D eigenvalue weighted by molar-refractivity contribution is 0.0462. The molecular formula is C22H23F2N3O2. The third kappa shape index (κ3) is 3.44. The number of rotatable bonds is 3. The molecule has 1 fully saturated rings. The lowest BCUT2D eigenvalue weighted by Crippen LogP contribution is -2.45. The summed E-state index contributed by atoms with van der Waals surface area (Å²) in [5.41, 5.74) is 1.15. The molecule has 2 atom stereocenters. The van der Waals surface area contributed by atoms with Crippen LogP contribution < -0.4 is 9.47 Å². The third-order valence-corrected chi connectivity index (χ3v) is 5.78. The van der Waals surface area contributed by atoms with Gasteiger partial charge < -0.3 is 14.0 Å². The molecule has 2 aliphatic rings. The van der Waals surface area contributed by atoms with Gasteiger partial charge in [0, 0.05) is 31.3 Å². The van der Waals surface area contributed by atoms with Crippen LogP contribution in [0.2, 0.25) is 0 Å². The molecule has 0 spiro atoms. The number of para-hydroxylation sites is 2. The molecule has 5 nitrogen and oxygen atoms in total. The molecule has 5 rings (SSSR count). The van der Waals surface area contributed by atoms with Gasteiger partial charge in [-0.1, -0.05) is 12.1 Å². The Kier molecular flexibility index (Phi) is 4.62. The maximum absolute atomic E-state index is 13.9. The summed E-state index contributed by atoms with van der Waals surface area (Å²) in [7, 11) is 0. The van der Waals surface area contributed by atoms with Crippen molar-refractivity contribution >= 4 is 11.0 Å². The van der Waals surface area contributed by atoms with E-state index >= 15 is 0 Å². The van der Waals surface area contributed by atoms with Gasteiger partial charge in [0.1, 0.15) is 18.5 Å². The Morgan fingerprint density at radius 1 is 1.14 bits per heavy atom. The van der Waals surface area contributed by atoms with E-state index in [2.05, 4.69) is 14.5 Å². The number of aromatic nitrogens is 2. The van der Waals surface area contributed by atoms with Crippen molar-refractivity contribution in [2.24, 2.45) is 0 Å². The molecule has 2 aromatic carbocycles. The van der Waals surface area contributed by atoms with Gasteiger partial charge in [0.25, 0.3) is 0 Å². The molecule has 2 aliphatic heterocycles. The van der Waals surface area contributed by atoms with E-state index in [4.69, 9.17) is 9.47 Å². The Morgan fingerprint density at radius 2 is 1.93 bits per heavy atom. The zero-order valence-electron chi connectivity index (χ0n) is 16.3. The average Bonchev–Trinajstić information content (AvgIpc) is 3.03. The standard InChI is InChI=1S/C22H23F2N3O2/c1-14-25-19-9-17(23)18(24)10-20(19)27(14)15-5-4-8-26(11-15)12-16-13-28-21-6-2-3-7-22(21)29-16/h2-3,6-7,9-10,15-16H,4-5,8,11-13H2,1H3. The lowest BCUT2D eigenvalue weighted by atomic mass is 10.0. The minimum Gasteiger partial charge on any atom is -0.486 e. The zero-order valence-corrected chi connectivity index (χ0v) is 16.3. The van der Waals surface area contributed by atoms with E-state index in [1.54, 1.807) is 0 Å². The molecule has 29 heavy (non-hydrogen) atoms. The summed E-state index contributed by atoms with van der Waals surface area (Å²) >= 11 is 0. The van der Waals surface area contributed by atoms with Crippen molar-refractivity contribution in [3.05, 3.63) is 53.9 Å². The Balaban J connectivity index is 1.33. The second-order valence-corrected chi connectivity index (χ2v) is 7.84. The molecule has 0 bridgehead atoms. The first-order chi connectivity index (χ1) is 14.1. The van der Waals surface area contributed by atoms with E-state index in [1.165, 1.54) is 12.1 Å². The van der Waals surface area contributed by atoms with Crippen molar-refractivity contribution < 1.29 is 18.3 Å². The second-order valence-electron chi connectivity index (χ2n) is 7.84. The van der Waals surface area contributed by atoms with Crippen molar-refractivity contribution in [3.8, 4) is 11.5 Å². The zero-order chi connectivity index (χ0) is 20.0. The van der Waals surface area contributed by atoms with E-state index in [1.807, 2.05) is 31.2 Å². The minimum atomic E-state index is -0.859. The number of hydrogen-bond acceptors (Lipinski definition) is 4. The van der Waals surface area contributed by atoms with E-state index in [0.717, 1.165) is 49.8 Å². The van der Waals surface area contributed by atoms with Gasteiger partial charge in [0.05, 0.1) is 11.0 Å². The fourth-order valence-electron chi connectivity index (χ4n) is 4.52. The number of fused-ring (bicyclic) bond motifs is 2. The minimum absolute atomic E-state index is 0.0316. The molecule has 7 heteroatoms. The normalized spacial score (nSPS) is 22.2. The van der Waals surface area contributed by atoms with Crippen molar-refractivity contribution in [2.45, 2.75) is 31.9 Å². The number of piperidine rings is 1. The van der Waals surface area contributed by atoms with Crippen LogP contribution in [-0.2, 0) is 0 Å². The van der Waals surface area contributed by atoms with Gasteiger partial charge in [-0.25, -0.2) is 13.8 Å². The van der Waals surface area contributed by atoms with Crippen molar-refractivity contribution in [1.82, 2.24) is 14.5 Å².